The number of ether oxygens (including phenoxy) is 1. The van der Waals surface area contributed by atoms with Crippen molar-refractivity contribution in [3.63, 3.8) is 0 Å². The predicted octanol–water partition coefficient (Wildman–Crippen LogP) is 3.45. The van der Waals surface area contributed by atoms with Crippen molar-refractivity contribution < 1.29 is 18.7 Å². The molecule has 3 aromatic rings. The van der Waals surface area contributed by atoms with Gasteiger partial charge in [-0.1, -0.05) is 23.5 Å². The highest BCUT2D eigenvalue weighted by atomic mass is 32.1. The second-order valence-electron chi connectivity index (χ2n) is 7.80. The van der Waals surface area contributed by atoms with E-state index in [0.29, 0.717) is 24.8 Å². The van der Waals surface area contributed by atoms with E-state index in [0.717, 1.165) is 35.4 Å². The maximum absolute atomic E-state index is 13.5. The summed E-state index contributed by atoms with van der Waals surface area (Å²) in [6, 6.07) is 11.5. The first-order chi connectivity index (χ1) is 14.7. The molecule has 2 atom stereocenters. The van der Waals surface area contributed by atoms with E-state index in [1.807, 2.05) is 30.3 Å². The molecular weight excluding hydrogens is 402 g/mol. The van der Waals surface area contributed by atoms with Crippen molar-refractivity contribution in [3.05, 3.63) is 48.4 Å². The zero-order valence-electron chi connectivity index (χ0n) is 16.5. The van der Waals surface area contributed by atoms with E-state index in [1.54, 1.807) is 22.1 Å². The van der Waals surface area contributed by atoms with Crippen molar-refractivity contribution >= 4 is 38.5 Å². The quantitative estimate of drug-likeness (QED) is 0.605. The highest BCUT2D eigenvalue weighted by molar-refractivity contribution is 7.22. The number of anilines is 1. The minimum Gasteiger partial charge on any atom is -0.467 e. The molecule has 8 heteroatoms. The van der Waals surface area contributed by atoms with Gasteiger partial charge in [-0.25, -0.2) is 4.98 Å². The third-order valence-corrected chi connectivity index (χ3v) is 6.74. The number of benzene rings is 1. The summed E-state index contributed by atoms with van der Waals surface area (Å²) in [6.07, 6.45) is 3.76. The van der Waals surface area contributed by atoms with Gasteiger partial charge in [0.25, 0.3) is 0 Å². The SMILES string of the molecule is O=C1CC(C(=O)N(CC2CCCO2)c2nc3ccccc3s2)CN1Cc1ccco1. The van der Waals surface area contributed by atoms with Crippen molar-refractivity contribution in [1.82, 2.24) is 9.88 Å². The molecule has 2 aliphatic rings. The van der Waals surface area contributed by atoms with E-state index in [1.165, 1.54) is 11.3 Å². The summed E-state index contributed by atoms with van der Waals surface area (Å²) in [5.41, 5.74) is 0.879. The molecule has 5 rings (SSSR count). The summed E-state index contributed by atoms with van der Waals surface area (Å²) in [6.45, 7) is 1.99. The Kier molecular flexibility index (Phi) is 5.26. The minimum atomic E-state index is -0.388. The molecular formula is C22H23N3O4S. The molecule has 1 aromatic carbocycles. The zero-order chi connectivity index (χ0) is 20.5. The number of thiazole rings is 1. The van der Waals surface area contributed by atoms with E-state index >= 15 is 0 Å². The van der Waals surface area contributed by atoms with Crippen LogP contribution < -0.4 is 4.90 Å². The molecule has 2 unspecified atom stereocenters. The van der Waals surface area contributed by atoms with Gasteiger partial charge in [0.2, 0.25) is 11.8 Å². The summed E-state index contributed by atoms with van der Waals surface area (Å²) in [5.74, 6) is 0.255. The predicted molar refractivity (Wildman–Crippen MR) is 113 cm³/mol. The number of nitrogens with zero attached hydrogens (tertiary/aromatic N) is 3. The fourth-order valence-electron chi connectivity index (χ4n) is 4.13. The van der Waals surface area contributed by atoms with E-state index in [9.17, 15) is 9.59 Å². The van der Waals surface area contributed by atoms with Crippen LogP contribution in [0.2, 0.25) is 0 Å². The van der Waals surface area contributed by atoms with Crippen LogP contribution in [0, 0.1) is 5.92 Å². The van der Waals surface area contributed by atoms with Crippen LogP contribution in [0.5, 0.6) is 0 Å². The normalized spacial score (nSPS) is 21.6. The number of para-hydroxylation sites is 1. The average Bonchev–Trinajstić information content (AvgIpc) is 3.54. The fraction of sp³-hybridized carbons (Fsp3) is 0.409. The first-order valence-electron chi connectivity index (χ1n) is 10.3. The molecule has 4 heterocycles. The Morgan fingerprint density at radius 1 is 1.27 bits per heavy atom. The van der Waals surface area contributed by atoms with Gasteiger partial charge in [0.1, 0.15) is 5.76 Å². The van der Waals surface area contributed by atoms with Crippen LogP contribution in [0.1, 0.15) is 25.0 Å². The fourth-order valence-corrected chi connectivity index (χ4v) is 5.11. The molecule has 0 N–H and O–H groups in total. The van der Waals surface area contributed by atoms with Crippen molar-refractivity contribution in [2.45, 2.75) is 31.9 Å². The Bertz CT molecular complexity index is 1010. The summed E-state index contributed by atoms with van der Waals surface area (Å²) in [4.78, 5) is 34.2. The molecule has 0 saturated carbocycles. The number of hydrogen-bond acceptors (Lipinski definition) is 6. The molecule has 2 amide bonds. The van der Waals surface area contributed by atoms with Gasteiger partial charge in [0, 0.05) is 19.6 Å². The van der Waals surface area contributed by atoms with Gasteiger partial charge in [-0.05, 0) is 37.1 Å². The smallest absolute Gasteiger partial charge is 0.234 e. The van der Waals surface area contributed by atoms with Gasteiger partial charge in [0.15, 0.2) is 5.13 Å². The van der Waals surface area contributed by atoms with E-state index in [-0.39, 0.29) is 30.3 Å². The number of rotatable bonds is 6. The summed E-state index contributed by atoms with van der Waals surface area (Å²) < 4.78 is 12.2. The van der Waals surface area contributed by atoms with Crippen LogP contribution in [-0.4, -0.2) is 47.5 Å². The highest BCUT2D eigenvalue weighted by Crippen LogP contribution is 2.32. The molecule has 0 aliphatic carbocycles. The minimum absolute atomic E-state index is 0.0114. The largest absolute Gasteiger partial charge is 0.467 e. The molecule has 30 heavy (non-hydrogen) atoms. The number of carbonyl (C=O) groups is 2. The van der Waals surface area contributed by atoms with Crippen molar-refractivity contribution in [3.8, 4) is 0 Å². The first-order valence-corrected chi connectivity index (χ1v) is 11.1. The molecule has 2 saturated heterocycles. The standard InChI is InChI=1S/C22H23N3O4S/c26-20-11-15(12-24(20)13-16-5-3-9-28-16)21(27)25(14-17-6-4-10-29-17)22-23-18-7-1-2-8-19(18)30-22/h1-3,5,7-9,15,17H,4,6,10-14H2. The Morgan fingerprint density at radius 2 is 2.17 bits per heavy atom. The van der Waals surface area contributed by atoms with Crippen LogP contribution in [0.3, 0.4) is 0 Å². The molecule has 2 aliphatic heterocycles. The topological polar surface area (TPSA) is 75.9 Å². The molecule has 0 bridgehead atoms. The monoisotopic (exact) mass is 425 g/mol. The van der Waals surface area contributed by atoms with Crippen LogP contribution >= 0.6 is 11.3 Å². The lowest BCUT2D eigenvalue weighted by molar-refractivity contribution is -0.129. The summed E-state index contributed by atoms with van der Waals surface area (Å²) in [5, 5.41) is 0.675. The Labute approximate surface area is 178 Å². The molecule has 0 radical (unpaired) electrons. The van der Waals surface area contributed by atoms with E-state index in [2.05, 4.69) is 0 Å². The van der Waals surface area contributed by atoms with Gasteiger partial charge in [-0.15, -0.1) is 0 Å². The number of amides is 2. The maximum Gasteiger partial charge on any atom is 0.234 e. The van der Waals surface area contributed by atoms with E-state index in [4.69, 9.17) is 14.1 Å². The van der Waals surface area contributed by atoms with Crippen LogP contribution in [-0.2, 0) is 20.9 Å². The van der Waals surface area contributed by atoms with E-state index < -0.39 is 0 Å². The molecule has 156 valence electrons. The van der Waals surface area contributed by atoms with Gasteiger partial charge < -0.3 is 14.1 Å². The number of carbonyl (C=O) groups excluding carboxylic acids is 2. The number of hydrogen-bond donors (Lipinski definition) is 0. The second kappa shape index (κ2) is 8.20. The number of fused-ring (bicyclic) bond motifs is 1. The summed E-state index contributed by atoms with van der Waals surface area (Å²) in [7, 11) is 0. The van der Waals surface area contributed by atoms with Gasteiger partial charge in [-0.3, -0.25) is 14.5 Å². The van der Waals surface area contributed by atoms with Crippen molar-refractivity contribution in [2.24, 2.45) is 5.92 Å². The van der Waals surface area contributed by atoms with Crippen LogP contribution in [0.4, 0.5) is 5.13 Å². The first kappa shape index (κ1) is 19.3. The zero-order valence-corrected chi connectivity index (χ0v) is 17.3. The third-order valence-electron chi connectivity index (χ3n) is 5.68. The van der Waals surface area contributed by atoms with Crippen LogP contribution in [0.25, 0.3) is 10.2 Å². The number of likely N-dealkylation sites (tertiary alicyclic amines) is 1. The average molecular weight is 426 g/mol. The molecule has 7 nitrogen and oxygen atoms in total. The lowest BCUT2D eigenvalue weighted by Gasteiger charge is -2.25. The summed E-state index contributed by atoms with van der Waals surface area (Å²) >= 11 is 1.51. The Morgan fingerprint density at radius 3 is 2.93 bits per heavy atom. The molecule has 2 fully saturated rings. The number of furan rings is 1. The van der Waals surface area contributed by atoms with Crippen molar-refractivity contribution in [2.75, 3.05) is 24.6 Å². The third kappa shape index (κ3) is 3.85. The maximum atomic E-state index is 13.5. The molecule has 2 aromatic heterocycles. The lowest BCUT2D eigenvalue weighted by atomic mass is 10.1. The second-order valence-corrected chi connectivity index (χ2v) is 8.81. The Hall–Kier alpha value is -2.71. The van der Waals surface area contributed by atoms with Crippen LogP contribution in [0.15, 0.2) is 47.1 Å². The number of aromatic nitrogens is 1. The van der Waals surface area contributed by atoms with Crippen molar-refractivity contribution in [1.29, 1.82) is 0 Å². The highest BCUT2D eigenvalue weighted by Gasteiger charge is 2.39. The lowest BCUT2D eigenvalue weighted by Crippen LogP contribution is -2.42. The molecule has 0 spiro atoms. The van der Waals surface area contributed by atoms with Gasteiger partial charge >= 0.3 is 0 Å². The Balaban J connectivity index is 1.37. The van der Waals surface area contributed by atoms with Gasteiger partial charge in [0.05, 0.1) is 41.6 Å². The van der Waals surface area contributed by atoms with Gasteiger partial charge in [-0.2, -0.15) is 0 Å².